The lowest BCUT2D eigenvalue weighted by Gasteiger charge is -2.16. The minimum Gasteiger partial charge on any atom is -0.355 e. The normalized spacial score (nSPS) is 12.7. The molecule has 0 aliphatic carbocycles. The molecule has 1 heterocycles. The molecule has 0 saturated heterocycles. The number of para-hydroxylation sites is 1. The summed E-state index contributed by atoms with van der Waals surface area (Å²) < 4.78 is 7.35. The highest BCUT2D eigenvalue weighted by atomic mass is 16.5. The van der Waals surface area contributed by atoms with E-state index in [9.17, 15) is 0 Å². The Kier molecular flexibility index (Phi) is 2.78. The van der Waals surface area contributed by atoms with Crippen LogP contribution in [0.4, 0.5) is 0 Å². The van der Waals surface area contributed by atoms with Crippen molar-refractivity contribution in [1.82, 2.24) is 15.0 Å². The zero-order valence-corrected chi connectivity index (χ0v) is 10.0. The van der Waals surface area contributed by atoms with Crippen molar-refractivity contribution in [1.29, 1.82) is 0 Å². The fourth-order valence-corrected chi connectivity index (χ4v) is 2.06. The Morgan fingerprint density at radius 2 is 1.72 bits per heavy atom. The Hall–Kier alpha value is -2.20. The molecule has 0 spiro atoms. The topological polar surface area (TPSA) is 39.9 Å². The SMILES string of the molecule is COC(c1ccccc1)n1nnc2ccccc21. The van der Waals surface area contributed by atoms with E-state index in [-0.39, 0.29) is 6.23 Å². The Bertz CT molecular complexity index is 648. The molecular formula is C14H13N3O. The van der Waals surface area contributed by atoms with Gasteiger partial charge >= 0.3 is 0 Å². The van der Waals surface area contributed by atoms with Gasteiger partial charge in [-0.1, -0.05) is 47.7 Å². The minimum atomic E-state index is -0.251. The van der Waals surface area contributed by atoms with E-state index in [1.54, 1.807) is 11.8 Å². The van der Waals surface area contributed by atoms with E-state index in [0.29, 0.717) is 0 Å². The van der Waals surface area contributed by atoms with Crippen molar-refractivity contribution in [3.05, 3.63) is 60.2 Å². The van der Waals surface area contributed by atoms with Crippen LogP contribution in [0.25, 0.3) is 11.0 Å². The maximum absolute atomic E-state index is 5.55. The van der Waals surface area contributed by atoms with Crippen LogP contribution < -0.4 is 0 Å². The fourth-order valence-electron chi connectivity index (χ4n) is 2.06. The number of hydrogen-bond donors (Lipinski definition) is 0. The minimum absolute atomic E-state index is 0.251. The second-order valence-electron chi connectivity index (χ2n) is 4.02. The van der Waals surface area contributed by atoms with E-state index in [4.69, 9.17) is 4.74 Å². The van der Waals surface area contributed by atoms with Crippen LogP contribution in [-0.2, 0) is 4.74 Å². The molecule has 4 heteroatoms. The molecule has 0 aliphatic heterocycles. The third kappa shape index (κ3) is 1.76. The van der Waals surface area contributed by atoms with Gasteiger partial charge in [0, 0.05) is 12.7 Å². The second kappa shape index (κ2) is 4.58. The number of aromatic nitrogens is 3. The molecule has 0 N–H and O–H groups in total. The average molecular weight is 239 g/mol. The Labute approximate surface area is 105 Å². The molecule has 0 aliphatic rings. The number of nitrogens with zero attached hydrogens (tertiary/aromatic N) is 3. The number of methoxy groups -OCH3 is 1. The fraction of sp³-hybridized carbons (Fsp3) is 0.143. The maximum atomic E-state index is 5.55. The van der Waals surface area contributed by atoms with Gasteiger partial charge in [-0.3, -0.25) is 0 Å². The summed E-state index contributed by atoms with van der Waals surface area (Å²) in [6, 6.07) is 17.8. The largest absolute Gasteiger partial charge is 0.355 e. The Balaban J connectivity index is 2.12. The highest BCUT2D eigenvalue weighted by Crippen LogP contribution is 2.22. The summed E-state index contributed by atoms with van der Waals surface area (Å²) in [5.74, 6) is 0. The predicted octanol–water partition coefficient (Wildman–Crippen LogP) is 2.62. The smallest absolute Gasteiger partial charge is 0.178 e. The molecule has 4 nitrogen and oxygen atoms in total. The van der Waals surface area contributed by atoms with Gasteiger partial charge in [-0.15, -0.1) is 5.10 Å². The van der Waals surface area contributed by atoms with Gasteiger partial charge in [0.05, 0.1) is 5.52 Å². The lowest BCUT2D eigenvalue weighted by molar-refractivity contribution is 0.0702. The number of hydrogen-bond acceptors (Lipinski definition) is 3. The molecule has 0 fully saturated rings. The van der Waals surface area contributed by atoms with Crippen molar-refractivity contribution in [3.8, 4) is 0 Å². The number of fused-ring (bicyclic) bond motifs is 1. The van der Waals surface area contributed by atoms with Crippen LogP contribution >= 0.6 is 0 Å². The average Bonchev–Trinajstić information content (AvgIpc) is 2.85. The van der Waals surface area contributed by atoms with Crippen LogP contribution in [0.15, 0.2) is 54.6 Å². The maximum Gasteiger partial charge on any atom is 0.178 e. The van der Waals surface area contributed by atoms with Crippen molar-refractivity contribution in [3.63, 3.8) is 0 Å². The molecule has 0 saturated carbocycles. The lowest BCUT2D eigenvalue weighted by atomic mass is 10.2. The quantitative estimate of drug-likeness (QED) is 0.705. The van der Waals surface area contributed by atoms with Crippen molar-refractivity contribution >= 4 is 11.0 Å². The van der Waals surface area contributed by atoms with Gasteiger partial charge in [0.2, 0.25) is 0 Å². The Morgan fingerprint density at radius 3 is 2.50 bits per heavy atom. The number of benzene rings is 2. The van der Waals surface area contributed by atoms with Crippen LogP contribution in [0.1, 0.15) is 11.8 Å². The van der Waals surface area contributed by atoms with E-state index in [1.165, 1.54) is 0 Å². The first-order chi connectivity index (χ1) is 8.90. The molecule has 1 atom stereocenters. The summed E-state index contributed by atoms with van der Waals surface area (Å²) in [5, 5.41) is 8.33. The Morgan fingerprint density at radius 1 is 1.00 bits per heavy atom. The molecule has 1 aromatic heterocycles. The predicted molar refractivity (Wildman–Crippen MR) is 69.1 cm³/mol. The first-order valence-electron chi connectivity index (χ1n) is 5.78. The van der Waals surface area contributed by atoms with Gasteiger partial charge in [0.25, 0.3) is 0 Å². The molecule has 18 heavy (non-hydrogen) atoms. The molecule has 2 aromatic carbocycles. The van der Waals surface area contributed by atoms with E-state index < -0.39 is 0 Å². The molecular weight excluding hydrogens is 226 g/mol. The number of ether oxygens (including phenoxy) is 1. The molecule has 0 bridgehead atoms. The first-order valence-corrected chi connectivity index (χ1v) is 5.78. The van der Waals surface area contributed by atoms with Crippen LogP contribution in [0.3, 0.4) is 0 Å². The summed E-state index contributed by atoms with van der Waals surface area (Å²) >= 11 is 0. The molecule has 0 amide bonds. The van der Waals surface area contributed by atoms with E-state index >= 15 is 0 Å². The van der Waals surface area contributed by atoms with Crippen LogP contribution in [0.5, 0.6) is 0 Å². The van der Waals surface area contributed by atoms with Gasteiger partial charge in [-0.2, -0.15) is 0 Å². The van der Waals surface area contributed by atoms with Gasteiger partial charge in [-0.25, -0.2) is 4.68 Å². The summed E-state index contributed by atoms with van der Waals surface area (Å²) in [7, 11) is 1.67. The zero-order chi connectivity index (χ0) is 12.4. The van der Waals surface area contributed by atoms with Gasteiger partial charge in [-0.05, 0) is 12.1 Å². The first kappa shape index (κ1) is 10.9. The zero-order valence-electron chi connectivity index (χ0n) is 10.0. The second-order valence-corrected chi connectivity index (χ2v) is 4.02. The number of rotatable bonds is 3. The van der Waals surface area contributed by atoms with Crippen LogP contribution in [0.2, 0.25) is 0 Å². The van der Waals surface area contributed by atoms with Gasteiger partial charge in [0.1, 0.15) is 5.52 Å². The molecule has 3 rings (SSSR count). The van der Waals surface area contributed by atoms with E-state index in [2.05, 4.69) is 10.3 Å². The monoisotopic (exact) mass is 239 g/mol. The van der Waals surface area contributed by atoms with Crippen LogP contribution in [-0.4, -0.2) is 22.1 Å². The van der Waals surface area contributed by atoms with Gasteiger partial charge < -0.3 is 4.74 Å². The summed E-state index contributed by atoms with van der Waals surface area (Å²) in [6.07, 6.45) is -0.251. The molecule has 1 unspecified atom stereocenters. The third-order valence-electron chi connectivity index (χ3n) is 2.91. The summed E-state index contributed by atoms with van der Waals surface area (Å²) in [6.45, 7) is 0. The summed E-state index contributed by atoms with van der Waals surface area (Å²) in [4.78, 5) is 0. The molecule has 3 aromatic rings. The highest BCUT2D eigenvalue weighted by Gasteiger charge is 2.16. The highest BCUT2D eigenvalue weighted by molar-refractivity contribution is 5.74. The van der Waals surface area contributed by atoms with Crippen molar-refractivity contribution in [2.24, 2.45) is 0 Å². The molecule has 0 radical (unpaired) electrons. The van der Waals surface area contributed by atoms with E-state index in [0.717, 1.165) is 16.6 Å². The van der Waals surface area contributed by atoms with E-state index in [1.807, 2.05) is 54.6 Å². The van der Waals surface area contributed by atoms with Crippen molar-refractivity contribution < 1.29 is 4.74 Å². The third-order valence-corrected chi connectivity index (χ3v) is 2.91. The van der Waals surface area contributed by atoms with Crippen molar-refractivity contribution in [2.75, 3.05) is 7.11 Å². The standard InChI is InChI=1S/C14H13N3O/c1-18-14(11-7-3-2-4-8-11)17-13-10-6-5-9-12(13)15-16-17/h2-10,14H,1H3. The lowest BCUT2D eigenvalue weighted by Crippen LogP contribution is -2.14. The summed E-state index contributed by atoms with van der Waals surface area (Å²) in [5.41, 5.74) is 2.89. The van der Waals surface area contributed by atoms with Crippen molar-refractivity contribution in [2.45, 2.75) is 6.23 Å². The molecule has 90 valence electrons. The van der Waals surface area contributed by atoms with Gasteiger partial charge in [0.15, 0.2) is 6.23 Å². The van der Waals surface area contributed by atoms with Crippen LogP contribution in [0, 0.1) is 0 Å².